The summed E-state index contributed by atoms with van der Waals surface area (Å²) in [6.45, 7) is 3.45. The van der Waals surface area contributed by atoms with Crippen LogP contribution in [-0.2, 0) is 30.2 Å². The van der Waals surface area contributed by atoms with Gasteiger partial charge in [0.1, 0.15) is 5.75 Å². The molecule has 0 aliphatic carbocycles. The molecular weight excluding hydrogens is 666 g/mol. The molecule has 4 aromatic rings. The van der Waals surface area contributed by atoms with E-state index in [0.717, 1.165) is 30.2 Å². The highest BCUT2D eigenvalue weighted by molar-refractivity contribution is 5.75. The molecule has 1 unspecified atom stereocenters. The van der Waals surface area contributed by atoms with E-state index in [2.05, 4.69) is 9.97 Å². The first-order valence-corrected chi connectivity index (χ1v) is 15.5. The molecule has 1 atom stereocenters. The van der Waals surface area contributed by atoms with Gasteiger partial charge in [0.25, 0.3) is 0 Å². The highest BCUT2D eigenvalue weighted by Crippen LogP contribution is 2.40. The molecule has 1 aromatic heterocycles. The number of ether oxygens (including phenoxy) is 2. The van der Waals surface area contributed by atoms with Gasteiger partial charge in [0.05, 0.1) is 48.9 Å². The first-order valence-electron chi connectivity index (χ1n) is 15.5. The van der Waals surface area contributed by atoms with Gasteiger partial charge in [-0.25, -0.2) is 9.97 Å². The Balaban J connectivity index is 1.85. The quantitative estimate of drug-likeness (QED) is 0.103. The molecule has 0 bridgehead atoms. The van der Waals surface area contributed by atoms with Gasteiger partial charge < -0.3 is 19.5 Å². The normalized spacial score (nSPS) is 12.2. The lowest BCUT2D eigenvalue weighted by atomic mass is 9.91. The predicted octanol–water partition coefficient (Wildman–Crippen LogP) is 9.03. The number of aromatic nitrogens is 2. The van der Waals surface area contributed by atoms with Crippen LogP contribution >= 0.6 is 0 Å². The summed E-state index contributed by atoms with van der Waals surface area (Å²) in [7, 11) is 1.44. The molecule has 4 rings (SSSR count). The maximum Gasteiger partial charge on any atom is 0.416 e. The Kier molecular flexibility index (Phi) is 11.9. The third kappa shape index (κ3) is 9.64. The Hall–Kier alpha value is -5.32. The molecule has 0 saturated carbocycles. The lowest BCUT2D eigenvalue weighted by Gasteiger charge is -2.26. The number of rotatable bonds is 14. The van der Waals surface area contributed by atoms with Crippen molar-refractivity contribution in [1.82, 2.24) is 9.97 Å². The van der Waals surface area contributed by atoms with Gasteiger partial charge in [0.2, 0.25) is 5.95 Å². The van der Waals surface area contributed by atoms with Crippen molar-refractivity contribution in [3.63, 3.8) is 0 Å². The van der Waals surface area contributed by atoms with Crippen LogP contribution in [0, 0.1) is 11.3 Å². The lowest BCUT2D eigenvalue weighted by molar-refractivity contribution is -0.138. The maximum absolute atomic E-state index is 14.1. The molecule has 8 nitrogen and oxygen atoms in total. The summed E-state index contributed by atoms with van der Waals surface area (Å²) < 4.78 is 94.7. The van der Waals surface area contributed by atoms with E-state index in [1.54, 1.807) is 12.1 Å². The van der Waals surface area contributed by atoms with Gasteiger partial charge in [0, 0.05) is 25.1 Å². The summed E-state index contributed by atoms with van der Waals surface area (Å²) in [5, 5.41) is 18.3. The van der Waals surface area contributed by atoms with E-state index in [0.29, 0.717) is 22.9 Å². The van der Waals surface area contributed by atoms with Crippen LogP contribution in [0.5, 0.6) is 11.5 Å². The number of hydrogen-bond acceptors (Lipinski definition) is 7. The fourth-order valence-electron chi connectivity index (χ4n) is 5.24. The maximum atomic E-state index is 14.1. The Morgan fingerprint density at radius 2 is 1.64 bits per heavy atom. The SMILES string of the molecule is CCC(C)c1ccc(OC)c(-c2ccc(C(F)(F)F)cc2CN(Cc2cc(C#N)cc(C(F)(F)F)c2)c2ncc(OCCCC(=O)O)cn2)c1. The van der Waals surface area contributed by atoms with Crippen molar-refractivity contribution >= 4 is 11.9 Å². The zero-order valence-electron chi connectivity index (χ0n) is 27.4. The van der Waals surface area contributed by atoms with Crippen LogP contribution in [0.25, 0.3) is 11.1 Å². The molecule has 50 heavy (non-hydrogen) atoms. The van der Waals surface area contributed by atoms with E-state index in [4.69, 9.17) is 14.6 Å². The van der Waals surface area contributed by atoms with Gasteiger partial charge >= 0.3 is 18.3 Å². The van der Waals surface area contributed by atoms with Crippen LogP contribution < -0.4 is 14.4 Å². The van der Waals surface area contributed by atoms with Crippen LogP contribution in [0.1, 0.15) is 72.4 Å². The number of carboxylic acid groups (broad SMARTS) is 1. The highest BCUT2D eigenvalue weighted by Gasteiger charge is 2.33. The number of anilines is 1. The van der Waals surface area contributed by atoms with Gasteiger partial charge in [-0.1, -0.05) is 26.0 Å². The fraction of sp³-hybridized carbons (Fsp3) is 0.333. The Bertz CT molecular complexity index is 1840. The summed E-state index contributed by atoms with van der Waals surface area (Å²) in [5.74, 6) is -0.341. The first-order chi connectivity index (χ1) is 23.6. The van der Waals surface area contributed by atoms with Gasteiger partial charge in [-0.2, -0.15) is 31.6 Å². The molecule has 1 heterocycles. The molecule has 0 saturated heterocycles. The number of carbonyl (C=O) groups is 1. The standard InChI is InChI=1S/C36H34F6N4O4/c1-4-22(2)25-7-10-32(49-3)31(16-25)30-9-8-27(35(37,38)39)15-26(30)21-46(20-24-12-23(17-43)13-28(14-24)36(40,41)42)34-44-18-29(19-45-34)50-11-5-6-33(47)48/h7-10,12-16,18-19,22H,4-6,11,20-21H2,1-3H3,(H,47,48). The second kappa shape index (κ2) is 15.9. The minimum atomic E-state index is -4.77. The van der Waals surface area contributed by atoms with Gasteiger partial charge in [-0.05, 0) is 83.5 Å². The minimum Gasteiger partial charge on any atom is -0.496 e. The molecule has 0 spiro atoms. The van der Waals surface area contributed by atoms with Gasteiger partial charge in [-0.15, -0.1) is 0 Å². The van der Waals surface area contributed by atoms with E-state index < -0.39 is 29.4 Å². The summed E-state index contributed by atoms with van der Waals surface area (Å²) >= 11 is 0. The Morgan fingerprint density at radius 3 is 2.24 bits per heavy atom. The molecule has 0 amide bonds. The topological polar surface area (TPSA) is 109 Å². The van der Waals surface area contributed by atoms with Crippen LogP contribution in [0.4, 0.5) is 32.3 Å². The molecule has 3 aromatic carbocycles. The Morgan fingerprint density at radius 1 is 0.940 bits per heavy atom. The third-order valence-electron chi connectivity index (χ3n) is 8.01. The first kappa shape index (κ1) is 37.5. The van der Waals surface area contributed by atoms with Crippen LogP contribution in [0.2, 0.25) is 0 Å². The van der Waals surface area contributed by atoms with Crippen molar-refractivity contribution in [1.29, 1.82) is 5.26 Å². The largest absolute Gasteiger partial charge is 0.496 e. The molecule has 1 N–H and O–H groups in total. The summed E-state index contributed by atoms with van der Waals surface area (Å²) in [4.78, 5) is 20.8. The van der Waals surface area contributed by atoms with Crippen LogP contribution in [0.15, 0.2) is 67.0 Å². The zero-order valence-corrected chi connectivity index (χ0v) is 27.4. The lowest BCUT2D eigenvalue weighted by Crippen LogP contribution is -2.25. The molecule has 264 valence electrons. The van der Waals surface area contributed by atoms with Gasteiger partial charge in [-0.3, -0.25) is 4.79 Å². The summed E-state index contributed by atoms with van der Waals surface area (Å²) in [5.41, 5.74) is -0.221. The molecule has 0 aliphatic heterocycles. The smallest absolute Gasteiger partial charge is 0.416 e. The van der Waals surface area contributed by atoms with Crippen molar-refractivity contribution in [2.75, 3.05) is 18.6 Å². The number of nitrogens with zero attached hydrogens (tertiary/aromatic N) is 4. The van der Waals surface area contributed by atoms with Crippen molar-refractivity contribution in [3.8, 4) is 28.7 Å². The second-order valence-corrected chi connectivity index (χ2v) is 11.6. The van der Waals surface area contributed by atoms with E-state index in [-0.39, 0.29) is 66.8 Å². The molecule has 0 radical (unpaired) electrons. The number of hydrogen-bond donors (Lipinski definition) is 1. The number of carboxylic acids is 1. The summed E-state index contributed by atoms with van der Waals surface area (Å²) in [6.07, 6.45) is -6.05. The third-order valence-corrected chi connectivity index (χ3v) is 8.01. The number of nitriles is 1. The number of alkyl halides is 6. The number of benzene rings is 3. The van der Waals surface area contributed by atoms with E-state index in [1.807, 2.05) is 26.0 Å². The summed E-state index contributed by atoms with van der Waals surface area (Å²) in [6, 6.07) is 13.3. The fourth-order valence-corrected chi connectivity index (χ4v) is 5.24. The van der Waals surface area contributed by atoms with Crippen molar-refractivity contribution in [2.24, 2.45) is 0 Å². The predicted molar refractivity (Wildman–Crippen MR) is 173 cm³/mol. The minimum absolute atomic E-state index is 0.0406. The van der Waals surface area contributed by atoms with Crippen molar-refractivity contribution in [2.45, 2.75) is 64.5 Å². The molecule has 0 fully saturated rings. The van der Waals surface area contributed by atoms with Crippen molar-refractivity contribution in [3.05, 3.63) is 100 Å². The average Bonchev–Trinajstić information content (AvgIpc) is 3.08. The zero-order chi connectivity index (χ0) is 36.6. The number of methoxy groups -OCH3 is 1. The van der Waals surface area contributed by atoms with E-state index in [1.165, 1.54) is 36.5 Å². The van der Waals surface area contributed by atoms with Gasteiger partial charge in [0.15, 0.2) is 5.75 Å². The number of aliphatic carboxylic acids is 1. The number of halogens is 6. The molecular formula is C36H34F6N4O4. The molecule has 0 aliphatic rings. The molecule has 14 heteroatoms. The monoisotopic (exact) mass is 700 g/mol. The van der Waals surface area contributed by atoms with Crippen molar-refractivity contribution < 1.29 is 45.7 Å². The highest BCUT2D eigenvalue weighted by atomic mass is 19.4. The second-order valence-electron chi connectivity index (χ2n) is 11.6. The Labute approximate surface area is 284 Å². The van der Waals surface area contributed by atoms with E-state index in [9.17, 15) is 36.4 Å². The van der Waals surface area contributed by atoms with Crippen LogP contribution in [0.3, 0.4) is 0 Å². The van der Waals surface area contributed by atoms with Crippen LogP contribution in [-0.4, -0.2) is 34.8 Å². The van der Waals surface area contributed by atoms with E-state index >= 15 is 0 Å². The average molecular weight is 701 g/mol.